The van der Waals surface area contributed by atoms with Gasteiger partial charge in [0.1, 0.15) is 0 Å². The summed E-state index contributed by atoms with van der Waals surface area (Å²) in [5.74, 6) is -3.58. The summed E-state index contributed by atoms with van der Waals surface area (Å²) in [6.07, 6.45) is 0. The third-order valence-electron chi connectivity index (χ3n) is 2.17. The first kappa shape index (κ1) is 14.4. The van der Waals surface area contributed by atoms with Crippen LogP contribution in [-0.2, 0) is 19.1 Å². The summed E-state index contributed by atoms with van der Waals surface area (Å²) in [6, 6.07) is 0. The molecule has 2 N–H and O–H groups in total. The average Bonchev–Trinajstić information content (AvgIpc) is 2.12. The SMILES string of the molecule is CCOC(=O)[C@@](NC(C)=O)(C(=O)O)C(C)C. The van der Waals surface area contributed by atoms with Crippen LogP contribution >= 0.6 is 0 Å². The van der Waals surface area contributed by atoms with E-state index in [9.17, 15) is 14.4 Å². The normalized spacial score (nSPS) is 14.1. The Bertz CT molecular complexity index is 300. The van der Waals surface area contributed by atoms with Crippen LogP contribution in [0.15, 0.2) is 0 Å². The van der Waals surface area contributed by atoms with Crippen LogP contribution in [-0.4, -0.2) is 35.1 Å². The van der Waals surface area contributed by atoms with Crippen molar-refractivity contribution in [1.82, 2.24) is 5.32 Å². The fourth-order valence-corrected chi connectivity index (χ4v) is 1.34. The van der Waals surface area contributed by atoms with Gasteiger partial charge in [-0.2, -0.15) is 0 Å². The molecule has 0 fully saturated rings. The highest BCUT2D eigenvalue weighted by molar-refractivity contribution is 6.07. The van der Waals surface area contributed by atoms with E-state index in [0.29, 0.717) is 0 Å². The van der Waals surface area contributed by atoms with Crippen LogP contribution in [0.25, 0.3) is 0 Å². The van der Waals surface area contributed by atoms with E-state index in [1.165, 1.54) is 13.8 Å². The average molecular weight is 231 g/mol. The van der Waals surface area contributed by atoms with E-state index in [4.69, 9.17) is 9.84 Å². The van der Waals surface area contributed by atoms with E-state index in [1.54, 1.807) is 6.92 Å². The molecule has 0 saturated carbocycles. The maximum atomic E-state index is 11.7. The van der Waals surface area contributed by atoms with Crippen molar-refractivity contribution in [1.29, 1.82) is 0 Å². The number of amides is 1. The molecule has 0 unspecified atom stereocenters. The molecule has 0 rings (SSSR count). The predicted molar refractivity (Wildman–Crippen MR) is 55.7 cm³/mol. The number of hydrogen-bond acceptors (Lipinski definition) is 4. The molecule has 0 radical (unpaired) electrons. The van der Waals surface area contributed by atoms with E-state index in [1.807, 2.05) is 0 Å². The molecule has 0 aliphatic heterocycles. The summed E-state index contributed by atoms with van der Waals surface area (Å²) < 4.78 is 4.70. The van der Waals surface area contributed by atoms with E-state index in [0.717, 1.165) is 6.92 Å². The van der Waals surface area contributed by atoms with Gasteiger partial charge in [0.25, 0.3) is 0 Å². The molecule has 0 aliphatic carbocycles. The minimum absolute atomic E-state index is 0.0557. The Hall–Kier alpha value is -1.59. The van der Waals surface area contributed by atoms with Crippen LogP contribution in [0.1, 0.15) is 27.7 Å². The Balaban J connectivity index is 5.34. The second kappa shape index (κ2) is 5.48. The number of esters is 1. The minimum atomic E-state index is -2.01. The van der Waals surface area contributed by atoms with Crippen LogP contribution in [0.5, 0.6) is 0 Å². The van der Waals surface area contributed by atoms with Gasteiger partial charge >= 0.3 is 11.9 Å². The number of nitrogens with one attached hydrogen (secondary N) is 1. The Kier molecular flexibility index (Phi) is 4.94. The molecule has 92 valence electrons. The number of aliphatic carboxylic acids is 1. The molecule has 1 amide bonds. The number of rotatable bonds is 5. The zero-order chi connectivity index (χ0) is 12.9. The van der Waals surface area contributed by atoms with Gasteiger partial charge in [0.2, 0.25) is 11.4 Å². The van der Waals surface area contributed by atoms with Crippen LogP contribution < -0.4 is 5.32 Å². The standard InChI is InChI=1S/C10H17NO5/c1-5-16-9(15)10(6(2)3,8(13)14)11-7(4)12/h6H,5H2,1-4H3,(H,11,12)(H,13,14)/t10-/m0/s1. The van der Waals surface area contributed by atoms with Gasteiger partial charge in [-0.15, -0.1) is 0 Å². The second-order valence-electron chi connectivity index (χ2n) is 3.67. The Morgan fingerprint density at radius 3 is 2.12 bits per heavy atom. The second-order valence-corrected chi connectivity index (χ2v) is 3.67. The molecule has 6 nitrogen and oxygen atoms in total. The van der Waals surface area contributed by atoms with E-state index >= 15 is 0 Å². The number of carbonyl (C=O) groups is 3. The smallest absolute Gasteiger partial charge is 0.343 e. The van der Waals surface area contributed by atoms with Crippen LogP contribution in [0, 0.1) is 5.92 Å². The van der Waals surface area contributed by atoms with Gasteiger partial charge in [-0.3, -0.25) is 4.79 Å². The Morgan fingerprint density at radius 2 is 1.88 bits per heavy atom. The number of carboxylic acid groups (broad SMARTS) is 1. The zero-order valence-corrected chi connectivity index (χ0v) is 9.86. The summed E-state index contributed by atoms with van der Waals surface area (Å²) in [6.45, 7) is 5.83. The lowest BCUT2D eigenvalue weighted by Crippen LogP contribution is -2.63. The monoisotopic (exact) mass is 231 g/mol. The summed E-state index contributed by atoms with van der Waals surface area (Å²) in [7, 11) is 0. The van der Waals surface area contributed by atoms with Crippen molar-refractivity contribution in [2.75, 3.05) is 6.61 Å². The van der Waals surface area contributed by atoms with Crippen LogP contribution in [0.2, 0.25) is 0 Å². The summed E-state index contributed by atoms with van der Waals surface area (Å²) in [4.78, 5) is 33.9. The molecular weight excluding hydrogens is 214 g/mol. The lowest BCUT2D eigenvalue weighted by atomic mass is 9.86. The largest absolute Gasteiger partial charge is 0.479 e. The first-order valence-electron chi connectivity index (χ1n) is 4.98. The summed E-state index contributed by atoms with van der Waals surface area (Å²) in [5.41, 5.74) is -2.01. The number of carboxylic acids is 1. The zero-order valence-electron chi connectivity index (χ0n) is 9.86. The topological polar surface area (TPSA) is 92.7 Å². The van der Waals surface area contributed by atoms with Crippen molar-refractivity contribution in [3.05, 3.63) is 0 Å². The van der Waals surface area contributed by atoms with Crippen molar-refractivity contribution in [3.63, 3.8) is 0 Å². The molecule has 0 spiro atoms. The maximum absolute atomic E-state index is 11.7. The van der Waals surface area contributed by atoms with E-state index < -0.39 is 29.3 Å². The molecule has 1 atom stereocenters. The fourth-order valence-electron chi connectivity index (χ4n) is 1.34. The summed E-state index contributed by atoms with van der Waals surface area (Å²) >= 11 is 0. The van der Waals surface area contributed by atoms with Crippen LogP contribution in [0.3, 0.4) is 0 Å². The van der Waals surface area contributed by atoms with Crippen molar-refractivity contribution in [2.45, 2.75) is 33.2 Å². The van der Waals surface area contributed by atoms with Crippen molar-refractivity contribution < 1.29 is 24.2 Å². The lowest BCUT2D eigenvalue weighted by Gasteiger charge is -2.31. The summed E-state index contributed by atoms with van der Waals surface area (Å²) in [5, 5.41) is 11.3. The molecule has 0 heterocycles. The molecular formula is C10H17NO5. The third-order valence-corrected chi connectivity index (χ3v) is 2.17. The van der Waals surface area contributed by atoms with Gasteiger partial charge in [0, 0.05) is 6.92 Å². The fraction of sp³-hybridized carbons (Fsp3) is 0.700. The highest BCUT2D eigenvalue weighted by Crippen LogP contribution is 2.20. The highest BCUT2D eigenvalue weighted by atomic mass is 16.5. The van der Waals surface area contributed by atoms with Crippen molar-refractivity contribution in [3.8, 4) is 0 Å². The molecule has 0 bridgehead atoms. The number of hydrogen-bond donors (Lipinski definition) is 2. The first-order chi connectivity index (χ1) is 7.28. The minimum Gasteiger partial charge on any atom is -0.479 e. The van der Waals surface area contributed by atoms with E-state index in [-0.39, 0.29) is 6.61 Å². The first-order valence-corrected chi connectivity index (χ1v) is 4.98. The number of carbonyl (C=O) groups excluding carboxylic acids is 2. The van der Waals surface area contributed by atoms with Gasteiger partial charge in [-0.25, -0.2) is 9.59 Å². The molecule has 16 heavy (non-hydrogen) atoms. The highest BCUT2D eigenvalue weighted by Gasteiger charge is 2.51. The van der Waals surface area contributed by atoms with Crippen molar-refractivity contribution >= 4 is 17.8 Å². The Labute approximate surface area is 94.0 Å². The van der Waals surface area contributed by atoms with Gasteiger partial charge in [-0.05, 0) is 12.8 Å². The molecule has 0 aromatic rings. The van der Waals surface area contributed by atoms with Gasteiger partial charge in [0.15, 0.2) is 0 Å². The lowest BCUT2D eigenvalue weighted by molar-refractivity contribution is -0.167. The molecule has 0 aliphatic rings. The van der Waals surface area contributed by atoms with Gasteiger partial charge in [0.05, 0.1) is 6.61 Å². The van der Waals surface area contributed by atoms with Gasteiger partial charge in [-0.1, -0.05) is 13.8 Å². The Morgan fingerprint density at radius 1 is 1.38 bits per heavy atom. The van der Waals surface area contributed by atoms with Crippen LogP contribution in [0.4, 0.5) is 0 Å². The third kappa shape index (κ3) is 2.71. The van der Waals surface area contributed by atoms with Gasteiger partial charge < -0.3 is 15.2 Å². The van der Waals surface area contributed by atoms with E-state index in [2.05, 4.69) is 5.32 Å². The molecule has 0 saturated heterocycles. The number of ether oxygens (including phenoxy) is 1. The maximum Gasteiger partial charge on any atom is 0.343 e. The molecule has 0 aromatic carbocycles. The van der Waals surface area contributed by atoms with Crippen molar-refractivity contribution in [2.24, 2.45) is 5.92 Å². The quantitative estimate of drug-likeness (QED) is 0.519. The molecule has 6 heteroatoms. The molecule has 0 aromatic heterocycles. The predicted octanol–water partition coefficient (Wildman–Crippen LogP) is 0.165.